The molecular weight excluding hydrogens is 336 g/mol. The Hall–Kier alpha value is -1.27. The number of rotatable bonds is 5. The minimum atomic E-state index is 0.0257. The minimum absolute atomic E-state index is 0.0257. The van der Waals surface area contributed by atoms with Crippen molar-refractivity contribution in [1.29, 1.82) is 0 Å². The third kappa shape index (κ3) is 3.49. The van der Waals surface area contributed by atoms with Crippen molar-refractivity contribution in [3.8, 4) is 11.5 Å². The van der Waals surface area contributed by atoms with Crippen LogP contribution in [0.5, 0.6) is 11.5 Å². The highest BCUT2D eigenvalue weighted by Crippen LogP contribution is 2.36. The van der Waals surface area contributed by atoms with E-state index in [4.69, 9.17) is 9.47 Å². The smallest absolute Gasteiger partial charge is 0.254 e. The molecule has 1 saturated heterocycles. The monoisotopic (exact) mass is 356 g/mol. The van der Waals surface area contributed by atoms with Gasteiger partial charge in [-0.15, -0.1) is 0 Å². The van der Waals surface area contributed by atoms with E-state index in [1.165, 1.54) is 0 Å². The van der Waals surface area contributed by atoms with Crippen LogP contribution in [0.4, 0.5) is 0 Å². The molecule has 1 amide bonds. The first-order chi connectivity index (χ1) is 10.1. The summed E-state index contributed by atoms with van der Waals surface area (Å²) in [6.07, 6.45) is 1.04. The van der Waals surface area contributed by atoms with Gasteiger partial charge in [-0.3, -0.25) is 4.79 Å². The van der Waals surface area contributed by atoms with Crippen LogP contribution in [0.25, 0.3) is 0 Å². The highest BCUT2D eigenvalue weighted by Gasteiger charge is 2.27. The van der Waals surface area contributed by atoms with E-state index in [0.717, 1.165) is 30.5 Å². The molecule has 1 heterocycles. The number of methoxy groups -OCH3 is 2. The molecule has 0 aliphatic carbocycles. The number of benzene rings is 1. The molecule has 0 spiro atoms. The molecule has 5 nitrogen and oxygen atoms in total. The van der Waals surface area contributed by atoms with Crippen molar-refractivity contribution in [3.63, 3.8) is 0 Å². The zero-order chi connectivity index (χ0) is 15.4. The van der Waals surface area contributed by atoms with Crippen molar-refractivity contribution in [2.24, 2.45) is 5.92 Å². The number of ether oxygens (including phenoxy) is 2. The maximum atomic E-state index is 12.6. The van der Waals surface area contributed by atoms with Gasteiger partial charge in [-0.25, -0.2) is 0 Å². The molecule has 21 heavy (non-hydrogen) atoms. The Balaban J connectivity index is 2.20. The van der Waals surface area contributed by atoms with Crippen LogP contribution in [0.2, 0.25) is 0 Å². The predicted molar refractivity (Wildman–Crippen MR) is 85.2 cm³/mol. The number of hydrogen-bond donors (Lipinski definition) is 1. The van der Waals surface area contributed by atoms with E-state index in [2.05, 4.69) is 21.2 Å². The first-order valence-corrected chi connectivity index (χ1v) is 7.75. The molecule has 0 radical (unpaired) electrons. The largest absolute Gasteiger partial charge is 0.495 e. The van der Waals surface area contributed by atoms with Crippen molar-refractivity contribution in [2.45, 2.75) is 6.42 Å². The number of nitrogens with one attached hydrogen (secondary N) is 1. The van der Waals surface area contributed by atoms with E-state index >= 15 is 0 Å². The average molecular weight is 357 g/mol. The lowest BCUT2D eigenvalue weighted by atomic mass is 10.1. The van der Waals surface area contributed by atoms with E-state index in [1.54, 1.807) is 26.4 Å². The van der Waals surface area contributed by atoms with Gasteiger partial charge < -0.3 is 19.7 Å². The second kappa shape index (κ2) is 7.13. The highest BCUT2D eigenvalue weighted by atomic mass is 79.9. The lowest BCUT2D eigenvalue weighted by Gasteiger charge is -2.18. The quantitative estimate of drug-likeness (QED) is 0.878. The number of carbonyl (C=O) groups is 1. The number of halogens is 1. The molecule has 1 aliphatic rings. The molecule has 6 heteroatoms. The van der Waals surface area contributed by atoms with Crippen LogP contribution < -0.4 is 14.8 Å². The van der Waals surface area contributed by atoms with E-state index in [0.29, 0.717) is 23.0 Å². The molecule has 1 N–H and O–H groups in total. The number of amides is 1. The normalized spacial score (nSPS) is 17.9. The molecule has 0 saturated carbocycles. The van der Waals surface area contributed by atoms with E-state index in [9.17, 15) is 4.79 Å². The van der Waals surface area contributed by atoms with Gasteiger partial charge in [-0.1, -0.05) is 0 Å². The Morgan fingerprint density at radius 3 is 2.52 bits per heavy atom. The Bertz CT molecular complexity index is 497. The van der Waals surface area contributed by atoms with Crippen LogP contribution in [0.3, 0.4) is 0 Å². The number of nitrogens with zero attached hydrogens (tertiary/aromatic N) is 1. The van der Waals surface area contributed by atoms with Gasteiger partial charge in [0, 0.05) is 18.7 Å². The van der Waals surface area contributed by atoms with Gasteiger partial charge in [-0.05, 0) is 54.0 Å². The molecule has 1 atom stereocenters. The number of carbonyl (C=O) groups excluding carboxylic acids is 1. The number of hydrogen-bond acceptors (Lipinski definition) is 4. The Labute approximate surface area is 133 Å². The van der Waals surface area contributed by atoms with Gasteiger partial charge >= 0.3 is 0 Å². The van der Waals surface area contributed by atoms with Crippen LogP contribution in [0.15, 0.2) is 16.6 Å². The molecule has 1 aromatic rings. The summed E-state index contributed by atoms with van der Waals surface area (Å²) < 4.78 is 11.3. The van der Waals surface area contributed by atoms with E-state index in [1.807, 2.05) is 11.9 Å². The fraction of sp³-hybridized carbons (Fsp3) is 0.533. The molecular formula is C15H21BrN2O3. The van der Waals surface area contributed by atoms with Crippen molar-refractivity contribution in [1.82, 2.24) is 10.2 Å². The van der Waals surface area contributed by atoms with E-state index < -0.39 is 0 Å². The summed E-state index contributed by atoms with van der Waals surface area (Å²) in [5.74, 6) is 1.75. The Morgan fingerprint density at radius 2 is 2.00 bits per heavy atom. The minimum Gasteiger partial charge on any atom is -0.495 e. The van der Waals surface area contributed by atoms with Gasteiger partial charge in [0.2, 0.25) is 0 Å². The maximum absolute atomic E-state index is 12.6. The third-order valence-corrected chi connectivity index (χ3v) is 4.54. The first kappa shape index (κ1) is 16.1. The number of likely N-dealkylation sites (tertiary alicyclic amines) is 1. The van der Waals surface area contributed by atoms with Gasteiger partial charge in [0.05, 0.1) is 14.2 Å². The molecule has 0 unspecified atom stereocenters. The molecule has 1 fully saturated rings. The summed E-state index contributed by atoms with van der Waals surface area (Å²) in [5.41, 5.74) is 0.594. The molecule has 2 rings (SSSR count). The zero-order valence-corrected chi connectivity index (χ0v) is 14.2. The Morgan fingerprint density at radius 1 is 1.38 bits per heavy atom. The van der Waals surface area contributed by atoms with Crippen LogP contribution >= 0.6 is 15.9 Å². The molecule has 116 valence electrons. The molecule has 0 bridgehead atoms. The van der Waals surface area contributed by atoms with Gasteiger partial charge in [0.1, 0.15) is 16.0 Å². The molecule has 1 aromatic carbocycles. The summed E-state index contributed by atoms with van der Waals surface area (Å²) in [6, 6.07) is 3.50. The lowest BCUT2D eigenvalue weighted by molar-refractivity contribution is 0.0786. The average Bonchev–Trinajstić information content (AvgIpc) is 2.95. The molecule has 1 aliphatic heterocycles. The second-order valence-electron chi connectivity index (χ2n) is 5.16. The van der Waals surface area contributed by atoms with Crippen LogP contribution in [0, 0.1) is 5.92 Å². The predicted octanol–water partition coefficient (Wildman–Crippen LogP) is 2.15. The summed E-state index contributed by atoms with van der Waals surface area (Å²) in [6.45, 7) is 2.53. The lowest BCUT2D eigenvalue weighted by Crippen LogP contribution is -2.30. The van der Waals surface area contributed by atoms with Gasteiger partial charge in [0.15, 0.2) is 0 Å². The second-order valence-corrected chi connectivity index (χ2v) is 5.95. The highest BCUT2D eigenvalue weighted by molar-refractivity contribution is 9.10. The molecule has 0 aromatic heterocycles. The van der Waals surface area contributed by atoms with Crippen LogP contribution in [-0.2, 0) is 0 Å². The van der Waals surface area contributed by atoms with Crippen molar-refractivity contribution >= 4 is 21.8 Å². The van der Waals surface area contributed by atoms with Crippen LogP contribution in [-0.4, -0.2) is 51.7 Å². The maximum Gasteiger partial charge on any atom is 0.254 e. The standard InChI is InChI=1S/C15H21BrN2O3/c1-17-8-10-4-5-18(9-10)15(19)11-6-12(20-2)14(16)13(7-11)21-3/h6-7,10,17H,4-5,8-9H2,1-3H3/t10-/m0/s1. The van der Waals surface area contributed by atoms with Crippen molar-refractivity contribution in [3.05, 3.63) is 22.2 Å². The summed E-state index contributed by atoms with van der Waals surface area (Å²) in [5, 5.41) is 3.17. The van der Waals surface area contributed by atoms with Crippen LogP contribution in [0.1, 0.15) is 16.8 Å². The fourth-order valence-corrected chi connectivity index (χ4v) is 3.20. The topological polar surface area (TPSA) is 50.8 Å². The van der Waals surface area contributed by atoms with Crippen molar-refractivity contribution < 1.29 is 14.3 Å². The zero-order valence-electron chi connectivity index (χ0n) is 12.6. The summed E-state index contributed by atoms with van der Waals surface area (Å²) >= 11 is 3.42. The summed E-state index contributed by atoms with van der Waals surface area (Å²) in [4.78, 5) is 14.5. The van der Waals surface area contributed by atoms with Gasteiger partial charge in [0.25, 0.3) is 5.91 Å². The van der Waals surface area contributed by atoms with Gasteiger partial charge in [-0.2, -0.15) is 0 Å². The SMILES string of the molecule is CNC[C@@H]1CCN(C(=O)c2cc(OC)c(Br)c(OC)c2)C1. The Kier molecular flexibility index (Phi) is 5.47. The first-order valence-electron chi connectivity index (χ1n) is 6.96. The summed E-state index contributed by atoms with van der Waals surface area (Å²) in [7, 11) is 5.09. The van der Waals surface area contributed by atoms with Crippen molar-refractivity contribution in [2.75, 3.05) is 40.9 Å². The third-order valence-electron chi connectivity index (χ3n) is 3.76. The fourth-order valence-electron chi connectivity index (χ4n) is 2.65. The van der Waals surface area contributed by atoms with E-state index in [-0.39, 0.29) is 5.91 Å².